The van der Waals surface area contributed by atoms with E-state index in [1.54, 1.807) is 4.68 Å². The first-order valence-electron chi connectivity index (χ1n) is 5.88. The van der Waals surface area contributed by atoms with E-state index in [1.807, 2.05) is 35.0 Å². The van der Waals surface area contributed by atoms with E-state index >= 15 is 0 Å². The summed E-state index contributed by atoms with van der Waals surface area (Å²) >= 11 is 0. The highest BCUT2D eigenvalue weighted by Gasteiger charge is 2.22. The van der Waals surface area contributed by atoms with Gasteiger partial charge in [0.2, 0.25) is 5.75 Å². The normalized spacial score (nSPS) is 14.6. The molecule has 4 heteroatoms. The number of para-hydroxylation sites is 1. The van der Waals surface area contributed by atoms with Crippen LogP contribution in [-0.4, -0.2) is 14.5 Å². The maximum absolute atomic E-state index is 12.0. The zero-order valence-corrected chi connectivity index (χ0v) is 9.47. The molecule has 17 heavy (non-hydrogen) atoms. The Hall–Kier alpha value is -1.97. The van der Waals surface area contributed by atoms with Crippen molar-refractivity contribution in [3.8, 4) is 11.4 Å². The zero-order valence-electron chi connectivity index (χ0n) is 9.47. The molecule has 0 saturated carbocycles. The van der Waals surface area contributed by atoms with Crippen LogP contribution in [0.2, 0.25) is 0 Å². The second kappa shape index (κ2) is 3.80. The van der Waals surface area contributed by atoms with Gasteiger partial charge in [-0.15, -0.1) is 0 Å². The lowest BCUT2D eigenvalue weighted by atomic mass is 10.1. The number of aromatic hydroxyl groups is 1. The van der Waals surface area contributed by atoms with E-state index in [9.17, 15) is 9.90 Å². The molecule has 0 radical (unpaired) electrons. The molecule has 1 aromatic carbocycles. The Morgan fingerprint density at radius 3 is 2.65 bits per heavy atom. The van der Waals surface area contributed by atoms with Crippen molar-refractivity contribution in [1.82, 2.24) is 9.36 Å². The van der Waals surface area contributed by atoms with Crippen molar-refractivity contribution >= 4 is 0 Å². The SMILES string of the molecule is O=c1c(O)c2n(n1-c1ccccc1)CCCC2. The van der Waals surface area contributed by atoms with Crippen molar-refractivity contribution in [1.29, 1.82) is 0 Å². The number of benzene rings is 1. The van der Waals surface area contributed by atoms with Crippen LogP contribution in [0.15, 0.2) is 35.1 Å². The van der Waals surface area contributed by atoms with Crippen LogP contribution in [0.3, 0.4) is 0 Å². The predicted molar refractivity (Wildman–Crippen MR) is 64.6 cm³/mol. The van der Waals surface area contributed by atoms with Gasteiger partial charge in [-0.3, -0.25) is 9.48 Å². The van der Waals surface area contributed by atoms with E-state index in [2.05, 4.69) is 0 Å². The van der Waals surface area contributed by atoms with Crippen molar-refractivity contribution in [3.63, 3.8) is 0 Å². The molecular weight excluding hydrogens is 216 g/mol. The second-order valence-electron chi connectivity index (χ2n) is 4.33. The molecule has 0 atom stereocenters. The first-order chi connectivity index (χ1) is 8.29. The molecular formula is C13H14N2O2. The van der Waals surface area contributed by atoms with Crippen molar-refractivity contribution in [2.45, 2.75) is 25.8 Å². The number of nitrogens with zero attached hydrogens (tertiary/aromatic N) is 2. The number of rotatable bonds is 1. The summed E-state index contributed by atoms with van der Waals surface area (Å²) in [5.41, 5.74) is 1.26. The fraction of sp³-hybridized carbons (Fsp3) is 0.308. The van der Waals surface area contributed by atoms with Crippen molar-refractivity contribution in [2.24, 2.45) is 0 Å². The monoisotopic (exact) mass is 230 g/mol. The van der Waals surface area contributed by atoms with Gasteiger partial charge in [0.15, 0.2) is 0 Å². The first kappa shape index (κ1) is 10.2. The van der Waals surface area contributed by atoms with Crippen LogP contribution < -0.4 is 5.56 Å². The molecule has 88 valence electrons. The van der Waals surface area contributed by atoms with Crippen molar-refractivity contribution in [3.05, 3.63) is 46.4 Å². The van der Waals surface area contributed by atoms with Crippen molar-refractivity contribution in [2.75, 3.05) is 0 Å². The summed E-state index contributed by atoms with van der Waals surface area (Å²) in [7, 11) is 0. The predicted octanol–water partition coefficient (Wildman–Crippen LogP) is 1.68. The maximum Gasteiger partial charge on any atom is 0.313 e. The molecule has 2 heterocycles. The minimum atomic E-state index is -0.312. The summed E-state index contributed by atoms with van der Waals surface area (Å²) in [4.78, 5) is 12.0. The molecule has 0 amide bonds. The van der Waals surface area contributed by atoms with Gasteiger partial charge in [0.25, 0.3) is 0 Å². The summed E-state index contributed by atoms with van der Waals surface area (Å²) in [6, 6.07) is 9.45. The lowest BCUT2D eigenvalue weighted by molar-refractivity contribution is 0.428. The Kier molecular flexibility index (Phi) is 2.28. The first-order valence-corrected chi connectivity index (χ1v) is 5.88. The van der Waals surface area contributed by atoms with Gasteiger partial charge in [0.05, 0.1) is 11.4 Å². The van der Waals surface area contributed by atoms with Crippen molar-refractivity contribution < 1.29 is 5.11 Å². The fourth-order valence-electron chi connectivity index (χ4n) is 2.44. The summed E-state index contributed by atoms with van der Waals surface area (Å²) < 4.78 is 3.47. The van der Waals surface area contributed by atoms with E-state index in [0.29, 0.717) is 0 Å². The van der Waals surface area contributed by atoms with Crippen LogP contribution in [0.4, 0.5) is 0 Å². The van der Waals surface area contributed by atoms with Crippen LogP contribution in [0, 0.1) is 0 Å². The van der Waals surface area contributed by atoms with Gasteiger partial charge in [0, 0.05) is 6.54 Å². The minimum absolute atomic E-state index is 0.0893. The van der Waals surface area contributed by atoms with Crippen LogP contribution in [0.25, 0.3) is 5.69 Å². The topological polar surface area (TPSA) is 47.2 Å². The van der Waals surface area contributed by atoms with Gasteiger partial charge < -0.3 is 5.11 Å². The van der Waals surface area contributed by atoms with Gasteiger partial charge in [-0.25, -0.2) is 4.68 Å². The average molecular weight is 230 g/mol. The minimum Gasteiger partial charge on any atom is -0.502 e. The molecule has 0 fully saturated rings. The molecule has 1 aliphatic rings. The Balaban J connectivity index is 2.27. The van der Waals surface area contributed by atoms with E-state index in [0.717, 1.165) is 37.2 Å². The lowest BCUT2D eigenvalue weighted by Gasteiger charge is -2.18. The van der Waals surface area contributed by atoms with Gasteiger partial charge in [-0.05, 0) is 31.4 Å². The number of aromatic nitrogens is 2. The molecule has 0 saturated heterocycles. The molecule has 0 bridgehead atoms. The van der Waals surface area contributed by atoms with Crippen LogP contribution in [-0.2, 0) is 13.0 Å². The van der Waals surface area contributed by atoms with E-state index in [4.69, 9.17) is 0 Å². The Labute approximate surface area is 98.7 Å². The summed E-state index contributed by atoms with van der Waals surface area (Å²) in [5, 5.41) is 9.87. The van der Waals surface area contributed by atoms with Gasteiger partial charge in [-0.1, -0.05) is 18.2 Å². The molecule has 0 unspecified atom stereocenters. The van der Waals surface area contributed by atoms with E-state index in [1.165, 1.54) is 0 Å². The fourth-order valence-corrected chi connectivity index (χ4v) is 2.44. The van der Waals surface area contributed by atoms with Crippen LogP contribution in [0.1, 0.15) is 18.5 Å². The highest BCUT2D eigenvalue weighted by atomic mass is 16.3. The molecule has 2 aromatic rings. The highest BCUT2D eigenvalue weighted by molar-refractivity contribution is 5.36. The zero-order chi connectivity index (χ0) is 11.8. The standard InChI is InChI=1S/C13H14N2O2/c16-12-11-8-4-5-9-14(11)15(13(12)17)10-6-2-1-3-7-10/h1-3,6-7,16H,4-5,8-9H2. The molecule has 3 rings (SSSR count). The Morgan fingerprint density at radius 2 is 1.88 bits per heavy atom. The van der Waals surface area contributed by atoms with E-state index in [-0.39, 0.29) is 11.3 Å². The number of hydrogen-bond donors (Lipinski definition) is 1. The lowest BCUT2D eigenvalue weighted by Crippen LogP contribution is -2.23. The molecule has 4 nitrogen and oxygen atoms in total. The smallest absolute Gasteiger partial charge is 0.313 e. The maximum atomic E-state index is 12.0. The van der Waals surface area contributed by atoms with Gasteiger partial charge in [0.1, 0.15) is 0 Å². The second-order valence-corrected chi connectivity index (χ2v) is 4.33. The number of hydrogen-bond acceptors (Lipinski definition) is 2. The highest BCUT2D eigenvalue weighted by Crippen LogP contribution is 2.23. The van der Waals surface area contributed by atoms with Gasteiger partial charge >= 0.3 is 5.56 Å². The van der Waals surface area contributed by atoms with Crippen LogP contribution in [0.5, 0.6) is 5.75 Å². The third-order valence-electron chi connectivity index (χ3n) is 3.26. The van der Waals surface area contributed by atoms with E-state index < -0.39 is 0 Å². The third-order valence-corrected chi connectivity index (χ3v) is 3.26. The summed E-state index contributed by atoms with van der Waals surface area (Å²) in [6.07, 6.45) is 2.86. The Bertz CT molecular complexity index is 596. The average Bonchev–Trinajstić information content (AvgIpc) is 2.64. The van der Waals surface area contributed by atoms with Gasteiger partial charge in [-0.2, -0.15) is 0 Å². The Morgan fingerprint density at radius 1 is 1.12 bits per heavy atom. The molecule has 0 spiro atoms. The largest absolute Gasteiger partial charge is 0.502 e. The molecule has 0 aliphatic carbocycles. The van der Waals surface area contributed by atoms with Crippen LogP contribution >= 0.6 is 0 Å². The summed E-state index contributed by atoms with van der Waals surface area (Å²) in [6.45, 7) is 0.792. The molecule has 1 aromatic heterocycles. The molecule has 1 N–H and O–H groups in total. The summed E-state index contributed by atoms with van der Waals surface area (Å²) in [5.74, 6) is -0.0893. The quantitative estimate of drug-likeness (QED) is 0.810. The third kappa shape index (κ3) is 1.48. The molecule has 1 aliphatic heterocycles. The number of fused-ring (bicyclic) bond motifs is 1.